The second-order valence-corrected chi connectivity index (χ2v) is 6.63. The van der Waals surface area contributed by atoms with E-state index in [4.69, 9.17) is 10.5 Å². The molecule has 0 aliphatic rings. The molecule has 0 saturated carbocycles. The van der Waals surface area contributed by atoms with Crippen molar-refractivity contribution in [3.63, 3.8) is 0 Å². The first-order chi connectivity index (χ1) is 10.3. The lowest BCUT2D eigenvalue weighted by molar-refractivity contribution is -0.124. The van der Waals surface area contributed by atoms with Crippen LogP contribution in [-0.4, -0.2) is 25.7 Å². The summed E-state index contributed by atoms with van der Waals surface area (Å²) in [4.78, 5) is 12.1. The number of benzene rings is 1. The van der Waals surface area contributed by atoms with Gasteiger partial charge in [0.05, 0.1) is 12.6 Å². The maximum atomic E-state index is 12.1. The molecule has 1 aromatic rings. The highest BCUT2D eigenvalue weighted by atomic mass is 16.5. The van der Waals surface area contributed by atoms with Crippen LogP contribution in [0, 0.1) is 11.8 Å². The summed E-state index contributed by atoms with van der Waals surface area (Å²) in [5.74, 6) is 0.750. The van der Waals surface area contributed by atoms with Crippen molar-refractivity contribution in [2.75, 3.05) is 13.7 Å². The normalized spacial score (nSPS) is 14.2. The number of ether oxygens (including phenoxy) is 1. The Bertz CT molecular complexity index is 455. The highest BCUT2D eigenvalue weighted by Gasteiger charge is 2.21. The van der Waals surface area contributed by atoms with Gasteiger partial charge in [0.1, 0.15) is 6.04 Å². The first-order valence-corrected chi connectivity index (χ1v) is 7.98. The second kappa shape index (κ2) is 8.91. The monoisotopic (exact) mass is 306 g/mol. The molecule has 1 amide bonds. The van der Waals surface area contributed by atoms with E-state index in [0.29, 0.717) is 5.92 Å². The number of carbonyl (C=O) groups excluding carboxylic acids is 1. The van der Waals surface area contributed by atoms with Crippen molar-refractivity contribution in [3.8, 4) is 0 Å². The van der Waals surface area contributed by atoms with Crippen molar-refractivity contribution in [2.45, 2.75) is 46.2 Å². The molecule has 0 saturated heterocycles. The Balaban J connectivity index is 2.80. The Labute approximate surface area is 134 Å². The first-order valence-electron chi connectivity index (χ1n) is 7.98. The highest BCUT2D eigenvalue weighted by Crippen LogP contribution is 2.22. The standard InChI is InChI=1S/C18H30N2O2/c1-12(2)10-14-6-8-15(9-7-14)17(13(3)4)20-18(21)16(19)11-22-5/h6-9,12-13,16-17H,10-11,19H2,1-5H3,(H,20,21). The maximum Gasteiger partial charge on any atom is 0.239 e. The number of amides is 1. The SMILES string of the molecule is COCC(N)C(=O)NC(c1ccc(CC(C)C)cc1)C(C)C. The largest absolute Gasteiger partial charge is 0.383 e. The number of hydrogen-bond donors (Lipinski definition) is 2. The summed E-state index contributed by atoms with van der Waals surface area (Å²) in [6, 6.07) is 7.82. The average Bonchev–Trinajstić information content (AvgIpc) is 2.45. The fourth-order valence-electron chi connectivity index (χ4n) is 2.48. The van der Waals surface area contributed by atoms with E-state index in [1.807, 2.05) is 0 Å². The molecule has 0 fully saturated rings. The van der Waals surface area contributed by atoms with Crippen molar-refractivity contribution in [1.82, 2.24) is 5.32 Å². The third kappa shape index (κ3) is 5.78. The minimum atomic E-state index is -0.633. The molecule has 1 rings (SSSR count). The highest BCUT2D eigenvalue weighted by molar-refractivity contribution is 5.82. The van der Waals surface area contributed by atoms with Crippen LogP contribution in [0.5, 0.6) is 0 Å². The molecular formula is C18H30N2O2. The van der Waals surface area contributed by atoms with Crippen LogP contribution in [0.4, 0.5) is 0 Å². The first kappa shape index (κ1) is 18.7. The van der Waals surface area contributed by atoms with E-state index in [1.165, 1.54) is 5.56 Å². The van der Waals surface area contributed by atoms with Crippen LogP contribution in [0.3, 0.4) is 0 Å². The van der Waals surface area contributed by atoms with E-state index in [1.54, 1.807) is 7.11 Å². The molecule has 1 aromatic carbocycles. The van der Waals surface area contributed by atoms with Gasteiger partial charge in [0.2, 0.25) is 5.91 Å². The molecular weight excluding hydrogens is 276 g/mol. The van der Waals surface area contributed by atoms with E-state index in [-0.39, 0.29) is 24.5 Å². The summed E-state index contributed by atoms with van der Waals surface area (Å²) >= 11 is 0. The predicted octanol–water partition coefficient (Wildman–Crippen LogP) is 2.67. The smallest absolute Gasteiger partial charge is 0.239 e. The molecule has 22 heavy (non-hydrogen) atoms. The molecule has 0 aromatic heterocycles. The number of nitrogens with one attached hydrogen (secondary N) is 1. The van der Waals surface area contributed by atoms with Crippen LogP contribution >= 0.6 is 0 Å². The van der Waals surface area contributed by atoms with Gasteiger partial charge < -0.3 is 15.8 Å². The van der Waals surface area contributed by atoms with Gasteiger partial charge in [0.25, 0.3) is 0 Å². The fraction of sp³-hybridized carbons (Fsp3) is 0.611. The Morgan fingerprint density at radius 1 is 1.18 bits per heavy atom. The van der Waals surface area contributed by atoms with Gasteiger partial charge in [-0.2, -0.15) is 0 Å². The molecule has 0 aliphatic carbocycles. The van der Waals surface area contributed by atoms with E-state index in [9.17, 15) is 4.79 Å². The zero-order valence-electron chi connectivity index (χ0n) is 14.4. The molecule has 0 spiro atoms. The number of nitrogens with two attached hydrogens (primary N) is 1. The van der Waals surface area contributed by atoms with Crippen LogP contribution in [0.15, 0.2) is 24.3 Å². The van der Waals surface area contributed by atoms with Gasteiger partial charge in [0, 0.05) is 7.11 Å². The molecule has 124 valence electrons. The summed E-state index contributed by atoms with van der Waals surface area (Å²) in [6.07, 6.45) is 1.07. The van der Waals surface area contributed by atoms with Crippen LogP contribution in [0.2, 0.25) is 0 Å². The lowest BCUT2D eigenvalue weighted by atomic mass is 9.93. The lowest BCUT2D eigenvalue weighted by Gasteiger charge is -2.25. The van der Waals surface area contributed by atoms with Crippen LogP contribution in [0.25, 0.3) is 0 Å². The summed E-state index contributed by atoms with van der Waals surface area (Å²) in [6.45, 7) is 8.83. The summed E-state index contributed by atoms with van der Waals surface area (Å²) < 4.78 is 4.94. The van der Waals surface area contributed by atoms with Crippen LogP contribution < -0.4 is 11.1 Å². The summed E-state index contributed by atoms with van der Waals surface area (Å²) in [7, 11) is 1.54. The Hall–Kier alpha value is -1.39. The van der Waals surface area contributed by atoms with Gasteiger partial charge >= 0.3 is 0 Å². The van der Waals surface area contributed by atoms with Gasteiger partial charge in [-0.05, 0) is 29.4 Å². The minimum Gasteiger partial charge on any atom is -0.383 e. The van der Waals surface area contributed by atoms with E-state index < -0.39 is 6.04 Å². The van der Waals surface area contributed by atoms with Crippen molar-refractivity contribution in [2.24, 2.45) is 17.6 Å². The number of methoxy groups -OCH3 is 1. The molecule has 2 unspecified atom stereocenters. The average molecular weight is 306 g/mol. The second-order valence-electron chi connectivity index (χ2n) is 6.63. The molecule has 0 aliphatic heterocycles. The number of hydrogen-bond acceptors (Lipinski definition) is 3. The molecule has 4 heteroatoms. The molecule has 0 heterocycles. The Kier molecular flexibility index (Phi) is 7.56. The third-order valence-electron chi connectivity index (χ3n) is 3.63. The van der Waals surface area contributed by atoms with Crippen molar-refractivity contribution < 1.29 is 9.53 Å². The van der Waals surface area contributed by atoms with Crippen molar-refractivity contribution in [1.29, 1.82) is 0 Å². The zero-order chi connectivity index (χ0) is 16.7. The van der Waals surface area contributed by atoms with Gasteiger partial charge in [-0.25, -0.2) is 0 Å². The van der Waals surface area contributed by atoms with Crippen LogP contribution in [0.1, 0.15) is 44.9 Å². The van der Waals surface area contributed by atoms with E-state index in [0.717, 1.165) is 12.0 Å². The van der Waals surface area contributed by atoms with E-state index >= 15 is 0 Å². The molecule has 3 N–H and O–H groups in total. The van der Waals surface area contributed by atoms with Gasteiger partial charge in [-0.15, -0.1) is 0 Å². The van der Waals surface area contributed by atoms with Crippen molar-refractivity contribution >= 4 is 5.91 Å². The van der Waals surface area contributed by atoms with E-state index in [2.05, 4.69) is 57.3 Å². The lowest BCUT2D eigenvalue weighted by Crippen LogP contribution is -2.45. The van der Waals surface area contributed by atoms with Crippen molar-refractivity contribution in [3.05, 3.63) is 35.4 Å². The van der Waals surface area contributed by atoms with Gasteiger partial charge in [-0.1, -0.05) is 52.0 Å². The molecule has 4 nitrogen and oxygen atoms in total. The summed E-state index contributed by atoms with van der Waals surface area (Å²) in [5, 5.41) is 3.03. The minimum absolute atomic E-state index is 0.0384. The Morgan fingerprint density at radius 2 is 1.77 bits per heavy atom. The zero-order valence-corrected chi connectivity index (χ0v) is 14.4. The van der Waals surface area contributed by atoms with Crippen LogP contribution in [-0.2, 0) is 16.0 Å². The molecule has 0 radical (unpaired) electrons. The fourth-order valence-corrected chi connectivity index (χ4v) is 2.48. The Morgan fingerprint density at radius 3 is 2.23 bits per heavy atom. The number of carbonyl (C=O) groups is 1. The van der Waals surface area contributed by atoms with Gasteiger partial charge in [-0.3, -0.25) is 4.79 Å². The maximum absolute atomic E-state index is 12.1. The number of rotatable bonds is 8. The molecule has 0 bridgehead atoms. The summed E-state index contributed by atoms with van der Waals surface area (Å²) in [5.41, 5.74) is 8.23. The topological polar surface area (TPSA) is 64.3 Å². The predicted molar refractivity (Wildman–Crippen MR) is 90.6 cm³/mol. The molecule has 2 atom stereocenters. The van der Waals surface area contributed by atoms with Gasteiger partial charge in [0.15, 0.2) is 0 Å². The quantitative estimate of drug-likeness (QED) is 0.776. The third-order valence-corrected chi connectivity index (χ3v) is 3.63.